The van der Waals surface area contributed by atoms with E-state index in [9.17, 15) is 4.39 Å². The number of aliphatic hydroxyl groups excluding tert-OH is 1. The van der Waals surface area contributed by atoms with Crippen LogP contribution in [0.4, 0.5) is 4.39 Å². The number of halogens is 1. The number of aryl methyl sites for hydroxylation is 1. The fourth-order valence-electron chi connectivity index (χ4n) is 1.79. The maximum atomic E-state index is 13.2. The van der Waals surface area contributed by atoms with Crippen LogP contribution in [0.1, 0.15) is 16.7 Å². The van der Waals surface area contributed by atoms with Gasteiger partial charge < -0.3 is 9.84 Å². The molecule has 0 aliphatic heterocycles. The topological polar surface area (TPSA) is 29.5 Å². The first-order valence-electron chi connectivity index (χ1n) is 6.27. The Morgan fingerprint density at radius 1 is 1.20 bits per heavy atom. The predicted octanol–water partition coefficient (Wildman–Crippen LogP) is 3.06. The molecule has 0 unspecified atom stereocenters. The molecular formula is C17H15FO2. The Balaban J connectivity index is 2.17. The van der Waals surface area contributed by atoms with Crippen LogP contribution in [0.3, 0.4) is 0 Å². The minimum atomic E-state index is -0.320. The van der Waals surface area contributed by atoms with E-state index in [0.717, 1.165) is 16.7 Å². The van der Waals surface area contributed by atoms with Gasteiger partial charge in [0.2, 0.25) is 0 Å². The summed E-state index contributed by atoms with van der Waals surface area (Å²) in [6, 6.07) is 12.0. The summed E-state index contributed by atoms with van der Waals surface area (Å²) in [5.74, 6) is 5.69. The van der Waals surface area contributed by atoms with E-state index in [2.05, 4.69) is 11.8 Å². The molecule has 0 radical (unpaired) electrons. The molecule has 0 aromatic heterocycles. The van der Waals surface area contributed by atoms with Gasteiger partial charge in [0, 0.05) is 17.2 Å². The van der Waals surface area contributed by atoms with Gasteiger partial charge in [-0.3, -0.25) is 0 Å². The quantitative estimate of drug-likeness (QED) is 0.869. The summed E-state index contributed by atoms with van der Waals surface area (Å²) < 4.78 is 18.8. The van der Waals surface area contributed by atoms with Crippen LogP contribution in [0.5, 0.6) is 5.75 Å². The van der Waals surface area contributed by atoms with Crippen molar-refractivity contribution in [3.63, 3.8) is 0 Å². The SMILES string of the molecule is Cc1ccc(F)cc1OCc1ccccc1C#CCO. The molecule has 0 saturated carbocycles. The Kier molecular flexibility index (Phi) is 4.75. The number of aliphatic hydroxyl groups is 1. The van der Waals surface area contributed by atoms with Crippen LogP contribution in [0, 0.1) is 24.6 Å². The first-order chi connectivity index (χ1) is 9.70. The van der Waals surface area contributed by atoms with E-state index in [4.69, 9.17) is 9.84 Å². The van der Waals surface area contributed by atoms with Gasteiger partial charge in [0.1, 0.15) is 24.8 Å². The Bertz CT molecular complexity index is 654. The van der Waals surface area contributed by atoms with Crippen molar-refractivity contribution in [3.05, 3.63) is 65.0 Å². The van der Waals surface area contributed by atoms with Crippen LogP contribution in [0.15, 0.2) is 42.5 Å². The highest BCUT2D eigenvalue weighted by Gasteiger charge is 2.04. The maximum Gasteiger partial charge on any atom is 0.126 e. The molecule has 0 heterocycles. The summed E-state index contributed by atoms with van der Waals surface area (Å²) in [5, 5.41) is 8.75. The van der Waals surface area contributed by atoms with Crippen LogP contribution < -0.4 is 4.74 Å². The van der Waals surface area contributed by atoms with Gasteiger partial charge in [-0.15, -0.1) is 0 Å². The number of ether oxygens (including phenoxy) is 1. The van der Waals surface area contributed by atoms with Crippen molar-refractivity contribution < 1.29 is 14.2 Å². The zero-order valence-electron chi connectivity index (χ0n) is 11.2. The molecule has 0 saturated heterocycles. The molecule has 2 nitrogen and oxygen atoms in total. The lowest BCUT2D eigenvalue weighted by molar-refractivity contribution is 0.302. The fourth-order valence-corrected chi connectivity index (χ4v) is 1.79. The summed E-state index contributed by atoms with van der Waals surface area (Å²) in [6.45, 7) is 1.99. The molecule has 0 spiro atoms. The lowest BCUT2D eigenvalue weighted by Crippen LogP contribution is -2.00. The van der Waals surface area contributed by atoms with Gasteiger partial charge in [0.15, 0.2) is 0 Å². The molecule has 2 aromatic carbocycles. The van der Waals surface area contributed by atoms with Crippen molar-refractivity contribution in [1.29, 1.82) is 0 Å². The molecule has 0 aliphatic carbocycles. The van der Waals surface area contributed by atoms with Gasteiger partial charge in [-0.05, 0) is 24.6 Å². The van der Waals surface area contributed by atoms with Crippen molar-refractivity contribution in [3.8, 4) is 17.6 Å². The third-order valence-corrected chi connectivity index (χ3v) is 2.85. The van der Waals surface area contributed by atoms with Crippen LogP contribution in [-0.4, -0.2) is 11.7 Å². The number of rotatable bonds is 3. The Morgan fingerprint density at radius 2 is 2.00 bits per heavy atom. The van der Waals surface area contributed by atoms with Gasteiger partial charge in [-0.25, -0.2) is 4.39 Å². The Hall–Kier alpha value is -2.31. The molecule has 0 atom stereocenters. The molecule has 20 heavy (non-hydrogen) atoms. The van der Waals surface area contributed by atoms with Crippen molar-refractivity contribution >= 4 is 0 Å². The average Bonchev–Trinajstić information content (AvgIpc) is 2.47. The van der Waals surface area contributed by atoms with Gasteiger partial charge in [-0.1, -0.05) is 36.1 Å². The first kappa shape index (κ1) is 14.1. The van der Waals surface area contributed by atoms with Crippen molar-refractivity contribution in [1.82, 2.24) is 0 Å². The predicted molar refractivity (Wildman–Crippen MR) is 75.9 cm³/mol. The first-order valence-corrected chi connectivity index (χ1v) is 6.27. The molecule has 0 bridgehead atoms. The van der Waals surface area contributed by atoms with E-state index in [1.807, 2.05) is 31.2 Å². The number of hydrogen-bond donors (Lipinski definition) is 1. The highest BCUT2D eigenvalue weighted by Crippen LogP contribution is 2.20. The average molecular weight is 270 g/mol. The van der Waals surface area contributed by atoms with Crippen LogP contribution >= 0.6 is 0 Å². The Labute approximate surface area is 117 Å². The standard InChI is InChI=1S/C17H15FO2/c1-13-8-9-16(18)11-17(13)20-12-15-6-3-2-5-14(15)7-4-10-19/h2-3,5-6,8-9,11,19H,10,12H2,1H3. The third kappa shape index (κ3) is 3.59. The summed E-state index contributed by atoms with van der Waals surface area (Å²) in [7, 11) is 0. The van der Waals surface area contributed by atoms with Crippen LogP contribution in [0.25, 0.3) is 0 Å². The molecule has 2 aromatic rings. The van der Waals surface area contributed by atoms with Crippen LogP contribution in [0.2, 0.25) is 0 Å². The minimum Gasteiger partial charge on any atom is -0.488 e. The molecule has 0 aliphatic rings. The lowest BCUT2D eigenvalue weighted by atomic mass is 10.1. The smallest absolute Gasteiger partial charge is 0.126 e. The lowest BCUT2D eigenvalue weighted by Gasteiger charge is -2.10. The van der Waals surface area contributed by atoms with E-state index in [1.54, 1.807) is 6.07 Å². The van der Waals surface area contributed by atoms with E-state index in [1.165, 1.54) is 12.1 Å². The van der Waals surface area contributed by atoms with Gasteiger partial charge in [-0.2, -0.15) is 0 Å². The third-order valence-electron chi connectivity index (χ3n) is 2.85. The highest BCUT2D eigenvalue weighted by molar-refractivity contribution is 5.41. The van der Waals surface area contributed by atoms with Crippen molar-refractivity contribution in [2.24, 2.45) is 0 Å². The fraction of sp³-hybridized carbons (Fsp3) is 0.176. The summed E-state index contributed by atoms with van der Waals surface area (Å²) >= 11 is 0. The van der Waals surface area contributed by atoms with E-state index in [-0.39, 0.29) is 12.4 Å². The molecule has 0 amide bonds. The van der Waals surface area contributed by atoms with Gasteiger partial charge in [0.25, 0.3) is 0 Å². The monoisotopic (exact) mass is 270 g/mol. The molecule has 2 rings (SSSR count). The largest absolute Gasteiger partial charge is 0.488 e. The molecule has 3 heteroatoms. The highest BCUT2D eigenvalue weighted by atomic mass is 19.1. The zero-order chi connectivity index (χ0) is 14.4. The molecule has 102 valence electrons. The second kappa shape index (κ2) is 6.74. The second-order valence-electron chi connectivity index (χ2n) is 4.32. The normalized spacial score (nSPS) is 9.75. The van der Waals surface area contributed by atoms with E-state index < -0.39 is 0 Å². The number of benzene rings is 2. The molecular weight excluding hydrogens is 255 g/mol. The van der Waals surface area contributed by atoms with Crippen molar-refractivity contribution in [2.45, 2.75) is 13.5 Å². The number of hydrogen-bond acceptors (Lipinski definition) is 2. The van der Waals surface area contributed by atoms with Crippen LogP contribution in [-0.2, 0) is 6.61 Å². The molecule has 1 N–H and O–H groups in total. The van der Waals surface area contributed by atoms with E-state index >= 15 is 0 Å². The van der Waals surface area contributed by atoms with E-state index in [0.29, 0.717) is 12.4 Å². The molecule has 0 fully saturated rings. The zero-order valence-corrected chi connectivity index (χ0v) is 11.2. The Morgan fingerprint density at radius 3 is 2.80 bits per heavy atom. The van der Waals surface area contributed by atoms with Gasteiger partial charge >= 0.3 is 0 Å². The summed E-state index contributed by atoms with van der Waals surface area (Å²) in [5.41, 5.74) is 2.58. The summed E-state index contributed by atoms with van der Waals surface area (Å²) in [4.78, 5) is 0. The van der Waals surface area contributed by atoms with Gasteiger partial charge in [0.05, 0.1) is 0 Å². The van der Waals surface area contributed by atoms with Crippen molar-refractivity contribution in [2.75, 3.05) is 6.61 Å². The maximum absolute atomic E-state index is 13.2. The summed E-state index contributed by atoms with van der Waals surface area (Å²) in [6.07, 6.45) is 0. The second-order valence-corrected chi connectivity index (χ2v) is 4.32. The minimum absolute atomic E-state index is 0.182.